The number of hydrogen-bond acceptors (Lipinski definition) is 1. The summed E-state index contributed by atoms with van der Waals surface area (Å²) in [5.41, 5.74) is 1.59. The van der Waals surface area contributed by atoms with Crippen LogP contribution in [-0.2, 0) is 0 Å². The molecule has 0 aliphatic heterocycles. The fourth-order valence-electron chi connectivity index (χ4n) is 1.54. The third-order valence-corrected chi connectivity index (χ3v) is 2.78. The molecule has 0 fully saturated rings. The second-order valence-electron chi connectivity index (χ2n) is 3.61. The Balaban J connectivity index is 2.12. The van der Waals surface area contributed by atoms with Crippen LogP contribution in [0.1, 0.15) is 5.56 Å². The fraction of sp³-hybridized carbons (Fsp3) is 0.0714. The van der Waals surface area contributed by atoms with E-state index in [0.29, 0.717) is 10.7 Å². The first kappa shape index (κ1) is 10.9. The molecule has 0 saturated heterocycles. The maximum absolute atomic E-state index is 7.81. The lowest BCUT2D eigenvalue weighted by Gasteiger charge is -2.12. The van der Waals surface area contributed by atoms with E-state index in [1.54, 1.807) is 6.08 Å². The lowest BCUT2D eigenvalue weighted by atomic mass is 9.97. The number of allylic oxidation sites excluding steroid dienone is 5. The molecule has 0 radical (unpaired) electrons. The highest BCUT2D eigenvalue weighted by molar-refractivity contribution is 6.44. The Morgan fingerprint density at radius 3 is 2.69 bits per heavy atom. The van der Waals surface area contributed by atoms with Crippen molar-refractivity contribution in [1.29, 1.82) is 5.41 Å². The first-order chi connectivity index (χ1) is 7.77. The van der Waals surface area contributed by atoms with Crippen molar-refractivity contribution in [1.82, 2.24) is 0 Å². The molecule has 1 aliphatic carbocycles. The van der Waals surface area contributed by atoms with Crippen LogP contribution in [0.5, 0.6) is 0 Å². The van der Waals surface area contributed by atoms with Crippen molar-refractivity contribution in [3.63, 3.8) is 0 Å². The lowest BCUT2D eigenvalue weighted by molar-refractivity contribution is 1.11. The molecule has 1 unspecified atom stereocenters. The maximum Gasteiger partial charge on any atom is 0.0623 e. The largest absolute Gasteiger partial charge is 0.303 e. The Bertz CT molecular complexity index is 469. The van der Waals surface area contributed by atoms with Crippen molar-refractivity contribution in [3.05, 3.63) is 65.2 Å². The van der Waals surface area contributed by atoms with Gasteiger partial charge in [0.2, 0.25) is 0 Å². The standard InChI is InChI=1S/C14H12ClN/c15-13-8-4-7-12(14(13)16)10-9-11-5-2-1-3-6-11/h1-10,12,16H. The number of benzene rings is 1. The van der Waals surface area contributed by atoms with E-state index in [1.807, 2.05) is 54.6 Å². The van der Waals surface area contributed by atoms with Gasteiger partial charge in [-0.3, -0.25) is 0 Å². The van der Waals surface area contributed by atoms with Gasteiger partial charge in [-0.15, -0.1) is 0 Å². The van der Waals surface area contributed by atoms with Crippen molar-refractivity contribution in [2.45, 2.75) is 0 Å². The van der Waals surface area contributed by atoms with Gasteiger partial charge in [0, 0.05) is 5.92 Å². The van der Waals surface area contributed by atoms with Crippen LogP contribution in [0.15, 0.2) is 59.7 Å². The summed E-state index contributed by atoms with van der Waals surface area (Å²) in [6.45, 7) is 0. The van der Waals surface area contributed by atoms with Gasteiger partial charge in [0.25, 0.3) is 0 Å². The molecule has 80 valence electrons. The minimum absolute atomic E-state index is 0.0160. The zero-order valence-corrected chi connectivity index (χ0v) is 9.48. The predicted molar refractivity (Wildman–Crippen MR) is 69.8 cm³/mol. The third-order valence-electron chi connectivity index (χ3n) is 2.45. The summed E-state index contributed by atoms with van der Waals surface area (Å²) in [5.74, 6) is -0.0160. The van der Waals surface area contributed by atoms with Gasteiger partial charge in [-0.05, 0) is 11.6 Å². The molecule has 0 heterocycles. The SMILES string of the molecule is N=C1C(Cl)=CC=CC1C=Cc1ccccc1. The molecule has 1 aromatic carbocycles. The van der Waals surface area contributed by atoms with Crippen LogP contribution in [0.3, 0.4) is 0 Å². The number of halogens is 1. The van der Waals surface area contributed by atoms with E-state index >= 15 is 0 Å². The highest BCUT2D eigenvalue weighted by Gasteiger charge is 2.13. The monoisotopic (exact) mass is 229 g/mol. The highest BCUT2D eigenvalue weighted by Crippen LogP contribution is 2.19. The molecule has 0 spiro atoms. The van der Waals surface area contributed by atoms with Crippen LogP contribution in [0.25, 0.3) is 6.08 Å². The number of nitrogens with one attached hydrogen (secondary N) is 1. The Kier molecular flexibility index (Phi) is 3.37. The van der Waals surface area contributed by atoms with E-state index in [4.69, 9.17) is 17.0 Å². The minimum Gasteiger partial charge on any atom is -0.303 e. The van der Waals surface area contributed by atoms with Crippen LogP contribution < -0.4 is 0 Å². The minimum atomic E-state index is -0.0160. The van der Waals surface area contributed by atoms with Crippen LogP contribution in [0, 0.1) is 11.3 Å². The van der Waals surface area contributed by atoms with Crippen molar-refractivity contribution in [2.75, 3.05) is 0 Å². The van der Waals surface area contributed by atoms with Gasteiger partial charge in [-0.1, -0.05) is 66.2 Å². The molecule has 1 aliphatic rings. The Morgan fingerprint density at radius 2 is 1.94 bits per heavy atom. The van der Waals surface area contributed by atoms with Crippen LogP contribution in [-0.4, -0.2) is 5.71 Å². The molecule has 16 heavy (non-hydrogen) atoms. The molecule has 1 atom stereocenters. The van der Waals surface area contributed by atoms with Gasteiger partial charge in [0.05, 0.1) is 10.7 Å². The molecule has 0 amide bonds. The molecule has 0 bridgehead atoms. The lowest BCUT2D eigenvalue weighted by Crippen LogP contribution is -2.11. The first-order valence-electron chi connectivity index (χ1n) is 5.13. The summed E-state index contributed by atoms with van der Waals surface area (Å²) in [6, 6.07) is 10.0. The maximum atomic E-state index is 7.81. The van der Waals surface area contributed by atoms with Crippen molar-refractivity contribution in [2.24, 2.45) is 5.92 Å². The average molecular weight is 230 g/mol. The van der Waals surface area contributed by atoms with E-state index in [-0.39, 0.29) is 5.92 Å². The van der Waals surface area contributed by atoms with Gasteiger partial charge in [0.15, 0.2) is 0 Å². The summed E-state index contributed by atoms with van der Waals surface area (Å²) in [7, 11) is 0. The zero-order valence-electron chi connectivity index (χ0n) is 8.73. The summed E-state index contributed by atoms with van der Waals surface area (Å²) in [6.07, 6.45) is 9.60. The molecule has 0 aromatic heterocycles. The number of hydrogen-bond donors (Lipinski definition) is 1. The average Bonchev–Trinajstić information content (AvgIpc) is 2.32. The Morgan fingerprint density at radius 1 is 1.19 bits per heavy atom. The van der Waals surface area contributed by atoms with E-state index < -0.39 is 0 Å². The molecule has 0 saturated carbocycles. The van der Waals surface area contributed by atoms with Gasteiger partial charge in [-0.25, -0.2) is 0 Å². The second kappa shape index (κ2) is 4.95. The van der Waals surface area contributed by atoms with Gasteiger partial charge >= 0.3 is 0 Å². The third kappa shape index (κ3) is 2.50. The molecule has 2 rings (SSSR count). The Hall–Kier alpha value is -1.60. The topological polar surface area (TPSA) is 23.9 Å². The first-order valence-corrected chi connectivity index (χ1v) is 5.51. The summed E-state index contributed by atoms with van der Waals surface area (Å²) in [4.78, 5) is 0. The number of rotatable bonds is 2. The van der Waals surface area contributed by atoms with Gasteiger partial charge in [-0.2, -0.15) is 0 Å². The van der Waals surface area contributed by atoms with Crippen LogP contribution in [0.4, 0.5) is 0 Å². The molecular formula is C14H12ClN. The molecule has 2 heteroatoms. The van der Waals surface area contributed by atoms with E-state index in [2.05, 4.69) is 0 Å². The predicted octanol–water partition coefficient (Wildman–Crippen LogP) is 4.03. The molecular weight excluding hydrogens is 218 g/mol. The van der Waals surface area contributed by atoms with E-state index in [1.165, 1.54) is 0 Å². The van der Waals surface area contributed by atoms with Crippen LogP contribution in [0.2, 0.25) is 0 Å². The normalized spacial score (nSPS) is 20.2. The second-order valence-corrected chi connectivity index (χ2v) is 4.02. The molecule has 1 aromatic rings. The molecule has 1 N–H and O–H groups in total. The summed E-state index contributed by atoms with van der Waals surface area (Å²) < 4.78 is 0. The van der Waals surface area contributed by atoms with Crippen molar-refractivity contribution < 1.29 is 0 Å². The molecule has 1 nitrogen and oxygen atoms in total. The van der Waals surface area contributed by atoms with Crippen molar-refractivity contribution >= 4 is 23.4 Å². The van der Waals surface area contributed by atoms with Crippen molar-refractivity contribution in [3.8, 4) is 0 Å². The van der Waals surface area contributed by atoms with E-state index in [0.717, 1.165) is 5.56 Å². The summed E-state index contributed by atoms with van der Waals surface area (Å²) >= 11 is 5.90. The smallest absolute Gasteiger partial charge is 0.0623 e. The van der Waals surface area contributed by atoms with Gasteiger partial charge in [0.1, 0.15) is 0 Å². The van der Waals surface area contributed by atoms with Gasteiger partial charge < -0.3 is 5.41 Å². The van der Waals surface area contributed by atoms with Crippen LogP contribution >= 0.6 is 11.6 Å². The summed E-state index contributed by atoms with van der Waals surface area (Å²) in [5, 5.41) is 8.33. The quantitative estimate of drug-likeness (QED) is 0.792. The highest BCUT2D eigenvalue weighted by atomic mass is 35.5. The van der Waals surface area contributed by atoms with E-state index in [9.17, 15) is 0 Å². The zero-order chi connectivity index (χ0) is 11.4. The fourth-order valence-corrected chi connectivity index (χ4v) is 1.74. The Labute approximate surface area is 100 Å².